The summed E-state index contributed by atoms with van der Waals surface area (Å²) in [5.41, 5.74) is 0.869. The van der Waals surface area contributed by atoms with Crippen molar-refractivity contribution in [2.45, 2.75) is 82.5 Å². The van der Waals surface area contributed by atoms with E-state index in [2.05, 4.69) is 15.5 Å². The van der Waals surface area contributed by atoms with Gasteiger partial charge in [0.05, 0.1) is 6.04 Å². The van der Waals surface area contributed by atoms with E-state index in [0.29, 0.717) is 12.6 Å². The Labute approximate surface area is 177 Å². The molecule has 5 aliphatic rings. The van der Waals surface area contributed by atoms with Crippen molar-refractivity contribution in [2.24, 2.45) is 17.8 Å². The van der Waals surface area contributed by atoms with Gasteiger partial charge >= 0.3 is 6.03 Å². The Hall–Kier alpha value is -1.95. The molecular formula is C24H32FN3O2. The Morgan fingerprint density at radius 1 is 1.07 bits per heavy atom. The smallest absolute Gasteiger partial charge is 0.321 e. The summed E-state index contributed by atoms with van der Waals surface area (Å²) in [4.78, 5) is 27.8. The second kappa shape index (κ2) is 7.63. The summed E-state index contributed by atoms with van der Waals surface area (Å²) >= 11 is 0. The van der Waals surface area contributed by atoms with E-state index in [1.54, 1.807) is 12.1 Å². The molecule has 1 aromatic carbocycles. The molecule has 0 heterocycles. The number of rotatable bonds is 6. The summed E-state index contributed by atoms with van der Waals surface area (Å²) in [6, 6.07) is 6.01. The summed E-state index contributed by atoms with van der Waals surface area (Å²) in [7, 11) is 0. The maximum absolute atomic E-state index is 13.2. The van der Waals surface area contributed by atoms with Gasteiger partial charge in [0.1, 0.15) is 5.82 Å². The van der Waals surface area contributed by atoms with Crippen molar-refractivity contribution < 1.29 is 14.0 Å². The van der Waals surface area contributed by atoms with E-state index >= 15 is 0 Å². The van der Waals surface area contributed by atoms with Gasteiger partial charge in [0.2, 0.25) is 5.91 Å². The first-order valence-electron chi connectivity index (χ1n) is 11.5. The van der Waals surface area contributed by atoms with Gasteiger partial charge in [0.15, 0.2) is 0 Å². The zero-order valence-corrected chi connectivity index (χ0v) is 17.7. The van der Waals surface area contributed by atoms with Crippen LogP contribution in [0.4, 0.5) is 9.18 Å². The molecule has 0 radical (unpaired) electrons. The maximum atomic E-state index is 13.2. The van der Waals surface area contributed by atoms with Crippen molar-refractivity contribution in [2.75, 3.05) is 0 Å². The first kappa shape index (κ1) is 20.0. The highest BCUT2D eigenvalue weighted by atomic mass is 19.1. The number of nitrogens with zero attached hydrogens (tertiary/aromatic N) is 1. The molecular weight excluding hydrogens is 381 g/mol. The van der Waals surface area contributed by atoms with E-state index in [0.717, 1.165) is 55.4 Å². The van der Waals surface area contributed by atoms with Crippen LogP contribution in [0.1, 0.15) is 63.9 Å². The molecule has 0 aliphatic heterocycles. The van der Waals surface area contributed by atoms with Crippen molar-refractivity contribution in [1.82, 2.24) is 15.5 Å². The van der Waals surface area contributed by atoms with Crippen LogP contribution in [0.15, 0.2) is 24.3 Å². The minimum atomic E-state index is -0.412. The highest BCUT2D eigenvalue weighted by Crippen LogP contribution is 2.55. The van der Waals surface area contributed by atoms with E-state index in [1.807, 2.05) is 6.92 Å². The number of halogens is 1. The van der Waals surface area contributed by atoms with Gasteiger partial charge in [0, 0.05) is 18.1 Å². The quantitative estimate of drug-likeness (QED) is 0.742. The summed E-state index contributed by atoms with van der Waals surface area (Å²) in [5, 5.41) is 5.84. The van der Waals surface area contributed by atoms with Crippen molar-refractivity contribution in [3.05, 3.63) is 35.6 Å². The minimum Gasteiger partial charge on any atom is -0.332 e. The topological polar surface area (TPSA) is 61.4 Å². The molecule has 6 heteroatoms. The number of hydrogen-bond acceptors (Lipinski definition) is 3. The van der Waals surface area contributed by atoms with E-state index in [-0.39, 0.29) is 23.3 Å². The van der Waals surface area contributed by atoms with Crippen molar-refractivity contribution in [3.8, 4) is 0 Å². The highest BCUT2D eigenvalue weighted by Gasteiger charge is 2.51. The lowest BCUT2D eigenvalue weighted by molar-refractivity contribution is -0.125. The first-order chi connectivity index (χ1) is 14.4. The zero-order valence-electron chi connectivity index (χ0n) is 17.7. The van der Waals surface area contributed by atoms with Crippen LogP contribution in [0.3, 0.4) is 0 Å². The number of hydrogen-bond donors (Lipinski definition) is 2. The van der Waals surface area contributed by atoms with Crippen LogP contribution >= 0.6 is 0 Å². The van der Waals surface area contributed by atoms with Crippen LogP contribution in [0.25, 0.3) is 0 Å². The normalized spacial score (nSPS) is 32.8. The largest absolute Gasteiger partial charge is 0.332 e. The number of nitrogens with one attached hydrogen (secondary N) is 2. The Balaban J connectivity index is 1.19. The second-order valence-corrected chi connectivity index (χ2v) is 10.3. The van der Waals surface area contributed by atoms with E-state index in [4.69, 9.17) is 0 Å². The molecule has 162 valence electrons. The van der Waals surface area contributed by atoms with Gasteiger partial charge in [-0.3, -0.25) is 15.0 Å². The van der Waals surface area contributed by atoms with Gasteiger partial charge in [-0.15, -0.1) is 0 Å². The van der Waals surface area contributed by atoms with E-state index in [1.165, 1.54) is 31.4 Å². The van der Waals surface area contributed by atoms with Gasteiger partial charge in [-0.1, -0.05) is 12.1 Å². The number of amides is 3. The van der Waals surface area contributed by atoms with Crippen LogP contribution in [-0.4, -0.2) is 34.5 Å². The molecule has 30 heavy (non-hydrogen) atoms. The fraction of sp³-hybridized carbons (Fsp3) is 0.667. The second-order valence-electron chi connectivity index (χ2n) is 10.3. The third-order valence-corrected chi connectivity index (χ3v) is 7.82. The summed E-state index contributed by atoms with van der Waals surface area (Å²) < 4.78 is 13.2. The molecule has 5 fully saturated rings. The molecule has 5 nitrogen and oxygen atoms in total. The maximum Gasteiger partial charge on any atom is 0.321 e. The molecule has 0 aromatic heterocycles. The van der Waals surface area contributed by atoms with Gasteiger partial charge in [-0.05, 0) is 93.7 Å². The van der Waals surface area contributed by atoms with E-state index in [9.17, 15) is 14.0 Å². The lowest BCUT2D eigenvalue weighted by Crippen LogP contribution is -2.62. The summed E-state index contributed by atoms with van der Waals surface area (Å²) in [6.07, 6.45) is 9.25. The molecule has 2 N–H and O–H groups in total. The fourth-order valence-corrected chi connectivity index (χ4v) is 6.69. The zero-order chi connectivity index (χ0) is 20.9. The predicted molar refractivity (Wildman–Crippen MR) is 112 cm³/mol. The van der Waals surface area contributed by atoms with Gasteiger partial charge in [0.25, 0.3) is 0 Å². The molecule has 4 bridgehead atoms. The summed E-state index contributed by atoms with van der Waals surface area (Å²) in [6.45, 7) is 2.44. The van der Waals surface area contributed by atoms with Crippen molar-refractivity contribution >= 4 is 11.9 Å². The predicted octanol–water partition coefficient (Wildman–Crippen LogP) is 3.97. The average molecular weight is 414 g/mol. The van der Waals surface area contributed by atoms with Gasteiger partial charge in [-0.25, -0.2) is 9.18 Å². The minimum absolute atomic E-state index is 0.105. The molecule has 0 spiro atoms. The first-order valence-corrected chi connectivity index (χ1v) is 11.5. The lowest BCUT2D eigenvalue weighted by Gasteiger charge is -2.56. The highest BCUT2D eigenvalue weighted by molar-refractivity contribution is 5.97. The van der Waals surface area contributed by atoms with E-state index < -0.39 is 6.04 Å². The summed E-state index contributed by atoms with van der Waals surface area (Å²) in [5.74, 6) is 1.71. The average Bonchev–Trinajstić information content (AvgIpc) is 3.50. The third-order valence-electron chi connectivity index (χ3n) is 7.82. The molecule has 0 saturated heterocycles. The number of benzene rings is 1. The van der Waals surface area contributed by atoms with Crippen molar-refractivity contribution in [3.63, 3.8) is 0 Å². The molecule has 1 aromatic rings. The molecule has 5 saturated carbocycles. The number of imide groups is 1. The Morgan fingerprint density at radius 3 is 2.17 bits per heavy atom. The van der Waals surface area contributed by atoms with Gasteiger partial charge < -0.3 is 5.32 Å². The monoisotopic (exact) mass is 413 g/mol. The Morgan fingerprint density at radius 2 is 1.63 bits per heavy atom. The number of carbonyl (C=O) groups is 2. The lowest BCUT2D eigenvalue weighted by atomic mass is 9.53. The van der Waals surface area contributed by atoms with Gasteiger partial charge in [-0.2, -0.15) is 0 Å². The van der Waals surface area contributed by atoms with Crippen molar-refractivity contribution in [1.29, 1.82) is 0 Å². The van der Waals surface area contributed by atoms with Crippen LogP contribution in [-0.2, 0) is 11.3 Å². The molecule has 1 atom stereocenters. The van der Waals surface area contributed by atoms with Crippen LogP contribution < -0.4 is 10.6 Å². The molecule has 0 unspecified atom stereocenters. The molecule has 6 rings (SSSR count). The Kier molecular flexibility index (Phi) is 5.08. The number of carbonyl (C=O) groups excluding carboxylic acids is 2. The standard InChI is InChI=1S/C24H32FN3O2/c1-15(28(21-6-7-21)14-16-2-4-20(25)5-3-16)22(29)26-23(30)27-24-11-17-8-18(12-24)10-19(9-17)13-24/h2-5,15,17-19,21H,6-14H2,1H3,(H2,26,27,29,30)/t15-,17?,18?,19?,24?/m1/s1. The fourth-order valence-electron chi connectivity index (χ4n) is 6.69. The van der Waals surface area contributed by atoms with Crippen LogP contribution in [0, 0.1) is 23.6 Å². The Bertz CT molecular complexity index is 785. The SMILES string of the molecule is C[C@H](C(=O)NC(=O)NC12CC3CC(CC(C3)C1)C2)N(Cc1ccc(F)cc1)C1CC1. The molecule has 5 aliphatic carbocycles. The molecule has 3 amide bonds. The third kappa shape index (κ3) is 4.11. The number of urea groups is 1. The van der Waals surface area contributed by atoms with Crippen LogP contribution in [0.2, 0.25) is 0 Å². The van der Waals surface area contributed by atoms with Crippen LogP contribution in [0.5, 0.6) is 0 Å².